The first-order valence-electron chi connectivity index (χ1n) is 8.03. The highest BCUT2D eigenvalue weighted by molar-refractivity contribution is 6.08. The summed E-state index contributed by atoms with van der Waals surface area (Å²) in [5.41, 5.74) is -1.85. The fourth-order valence-corrected chi connectivity index (χ4v) is 2.42. The van der Waals surface area contributed by atoms with E-state index in [2.05, 4.69) is 0 Å². The number of aromatic hydroxyl groups is 2. The van der Waals surface area contributed by atoms with Crippen LogP contribution >= 0.6 is 0 Å². The molecule has 9 nitrogen and oxygen atoms in total. The molecular weight excluding hydrogens is 356 g/mol. The molecule has 1 aromatic heterocycles. The lowest BCUT2D eigenvalue weighted by Crippen LogP contribution is -2.33. The molecule has 0 aliphatic carbocycles. The molecule has 27 heavy (non-hydrogen) atoms. The molecule has 2 aromatic rings. The highest BCUT2D eigenvalue weighted by atomic mass is 16.5. The van der Waals surface area contributed by atoms with Crippen molar-refractivity contribution >= 4 is 11.9 Å². The number of ether oxygens (including phenoxy) is 2. The molecule has 0 aliphatic rings. The molecule has 0 radical (unpaired) electrons. The summed E-state index contributed by atoms with van der Waals surface area (Å²) in [6, 6.07) is 4.48. The van der Waals surface area contributed by atoms with Gasteiger partial charge >= 0.3 is 5.69 Å². The Labute approximate surface area is 154 Å². The van der Waals surface area contributed by atoms with Crippen LogP contribution in [0, 0.1) is 0 Å². The molecule has 2 rings (SSSR count). The number of carbonyl (C=O) groups is 1. The number of nitrogens with zero attached hydrogens (tertiary/aromatic N) is 1. The summed E-state index contributed by atoms with van der Waals surface area (Å²) in [4.78, 5) is 38.2. The van der Waals surface area contributed by atoms with Crippen molar-refractivity contribution in [1.82, 2.24) is 9.55 Å². The van der Waals surface area contributed by atoms with Crippen LogP contribution in [0.15, 0.2) is 33.9 Å². The van der Waals surface area contributed by atoms with Gasteiger partial charge in [-0.25, -0.2) is 4.79 Å². The Morgan fingerprint density at radius 1 is 1.26 bits per heavy atom. The zero-order valence-electron chi connectivity index (χ0n) is 14.9. The Morgan fingerprint density at radius 3 is 2.63 bits per heavy atom. The predicted molar refractivity (Wildman–Crippen MR) is 97.5 cm³/mol. The number of rotatable bonds is 8. The monoisotopic (exact) mass is 376 g/mol. The summed E-state index contributed by atoms with van der Waals surface area (Å²) in [5.74, 6) is -1.33. The first-order chi connectivity index (χ1) is 12.9. The van der Waals surface area contributed by atoms with Crippen molar-refractivity contribution in [3.8, 4) is 17.4 Å². The maximum absolute atomic E-state index is 12.4. The minimum absolute atomic E-state index is 0.0750. The molecule has 9 heteroatoms. The number of nitrogens with one attached hydrogen (secondary N) is 1. The van der Waals surface area contributed by atoms with Gasteiger partial charge in [-0.15, -0.1) is 0 Å². The van der Waals surface area contributed by atoms with Crippen LogP contribution in [0.1, 0.15) is 22.3 Å². The molecule has 0 bridgehead atoms. The summed E-state index contributed by atoms with van der Waals surface area (Å²) in [5, 5.41) is 20.0. The van der Waals surface area contributed by atoms with E-state index in [1.807, 2.05) is 4.98 Å². The van der Waals surface area contributed by atoms with E-state index in [0.717, 1.165) is 10.6 Å². The number of aromatic nitrogens is 2. The van der Waals surface area contributed by atoms with Gasteiger partial charge in [0.1, 0.15) is 5.56 Å². The number of hydrogen-bond donors (Lipinski definition) is 3. The molecule has 0 saturated heterocycles. The highest BCUT2D eigenvalue weighted by Gasteiger charge is 2.19. The van der Waals surface area contributed by atoms with Gasteiger partial charge in [-0.2, -0.15) is 0 Å². The van der Waals surface area contributed by atoms with Crippen molar-refractivity contribution in [1.29, 1.82) is 0 Å². The van der Waals surface area contributed by atoms with Gasteiger partial charge < -0.3 is 19.7 Å². The van der Waals surface area contributed by atoms with E-state index in [0.29, 0.717) is 18.6 Å². The van der Waals surface area contributed by atoms with Crippen LogP contribution in [0.2, 0.25) is 0 Å². The first-order valence-corrected chi connectivity index (χ1v) is 8.03. The van der Waals surface area contributed by atoms with Crippen LogP contribution < -0.4 is 16.0 Å². The minimum atomic E-state index is -0.979. The number of H-pyrrole nitrogens is 1. The van der Waals surface area contributed by atoms with Crippen molar-refractivity contribution < 1.29 is 24.5 Å². The number of phenols is 1. The van der Waals surface area contributed by atoms with Crippen LogP contribution in [0.4, 0.5) is 0 Å². The van der Waals surface area contributed by atoms with Crippen LogP contribution in [0.5, 0.6) is 17.4 Å². The lowest BCUT2D eigenvalue weighted by atomic mass is 10.1. The van der Waals surface area contributed by atoms with Gasteiger partial charge in [0.05, 0.1) is 7.11 Å². The summed E-state index contributed by atoms with van der Waals surface area (Å²) in [6.45, 7) is 0.417. The Bertz CT molecular complexity index is 973. The Hall–Kier alpha value is -3.33. The standard InChI is InChI=1S/C18H20N2O7/c1-26-9-3-8-20-17(24)15(16(23)19-18(20)25)12(21)6-4-11-5-7-14(27-2)13(22)10-11/h4-7,10,22,24H,3,8-9H2,1-2H3,(H,19,23,25)/b6-4+. The second-order valence-corrected chi connectivity index (χ2v) is 5.58. The van der Waals surface area contributed by atoms with Crippen LogP contribution in [-0.2, 0) is 11.3 Å². The maximum atomic E-state index is 12.4. The van der Waals surface area contributed by atoms with Crippen molar-refractivity contribution in [2.75, 3.05) is 20.8 Å². The second-order valence-electron chi connectivity index (χ2n) is 5.58. The molecule has 0 spiro atoms. The Balaban J connectivity index is 2.32. The summed E-state index contributed by atoms with van der Waals surface area (Å²) in [6.07, 6.45) is 2.83. The zero-order chi connectivity index (χ0) is 20.0. The van der Waals surface area contributed by atoms with Crippen LogP contribution in [-0.4, -0.2) is 46.4 Å². The van der Waals surface area contributed by atoms with E-state index in [9.17, 15) is 24.6 Å². The van der Waals surface area contributed by atoms with Gasteiger partial charge in [-0.1, -0.05) is 12.1 Å². The molecule has 1 heterocycles. The summed E-state index contributed by atoms with van der Waals surface area (Å²) < 4.78 is 10.7. The second kappa shape index (κ2) is 8.86. The minimum Gasteiger partial charge on any atom is -0.504 e. The number of carbonyl (C=O) groups excluding carboxylic acids is 1. The van der Waals surface area contributed by atoms with Gasteiger partial charge in [0, 0.05) is 20.3 Å². The van der Waals surface area contributed by atoms with Gasteiger partial charge in [0.15, 0.2) is 17.3 Å². The largest absolute Gasteiger partial charge is 0.504 e. The third-order valence-electron chi connectivity index (χ3n) is 3.78. The van der Waals surface area contributed by atoms with Crippen LogP contribution in [0.25, 0.3) is 6.08 Å². The van der Waals surface area contributed by atoms with Crippen molar-refractivity contribution in [2.45, 2.75) is 13.0 Å². The van der Waals surface area contributed by atoms with Gasteiger partial charge in [-0.05, 0) is 30.2 Å². The van der Waals surface area contributed by atoms with E-state index in [4.69, 9.17) is 9.47 Å². The average Bonchev–Trinajstić information content (AvgIpc) is 2.62. The number of phenolic OH excluding ortho intramolecular Hbond substituents is 1. The molecule has 0 aliphatic heterocycles. The van der Waals surface area contributed by atoms with Crippen molar-refractivity contribution in [3.63, 3.8) is 0 Å². The molecule has 0 unspecified atom stereocenters. The topological polar surface area (TPSA) is 131 Å². The number of allylic oxidation sites excluding steroid dienone is 1. The van der Waals surface area contributed by atoms with E-state index < -0.39 is 28.5 Å². The van der Waals surface area contributed by atoms with Crippen molar-refractivity contribution in [2.24, 2.45) is 0 Å². The Morgan fingerprint density at radius 2 is 2.00 bits per heavy atom. The third-order valence-corrected chi connectivity index (χ3v) is 3.78. The SMILES string of the molecule is COCCCn1c(O)c(C(=O)/C=C/c2ccc(OC)c(O)c2)c(=O)[nH]c1=O. The fraction of sp³-hybridized carbons (Fsp3) is 0.278. The van der Waals surface area contributed by atoms with Crippen LogP contribution in [0.3, 0.4) is 0 Å². The van der Waals surface area contributed by atoms with Gasteiger partial charge in [0.2, 0.25) is 5.88 Å². The lowest BCUT2D eigenvalue weighted by molar-refractivity contribution is 0.104. The van der Waals surface area contributed by atoms with E-state index in [1.54, 1.807) is 6.07 Å². The first kappa shape index (κ1) is 20.0. The van der Waals surface area contributed by atoms with E-state index in [1.165, 1.54) is 32.4 Å². The number of ketones is 1. The molecule has 0 amide bonds. The number of hydrogen-bond acceptors (Lipinski definition) is 7. The van der Waals surface area contributed by atoms with Gasteiger partial charge in [-0.3, -0.25) is 19.1 Å². The maximum Gasteiger partial charge on any atom is 0.331 e. The fourth-order valence-electron chi connectivity index (χ4n) is 2.42. The quantitative estimate of drug-likeness (QED) is 0.354. The summed E-state index contributed by atoms with van der Waals surface area (Å²) >= 11 is 0. The molecular formula is C18H20N2O7. The molecule has 0 fully saturated rings. The Kier molecular flexibility index (Phi) is 6.56. The third kappa shape index (κ3) is 4.64. The van der Waals surface area contributed by atoms with E-state index >= 15 is 0 Å². The zero-order valence-corrected chi connectivity index (χ0v) is 14.9. The van der Waals surface area contributed by atoms with E-state index in [-0.39, 0.29) is 18.0 Å². The van der Waals surface area contributed by atoms with Gasteiger partial charge in [0.25, 0.3) is 5.56 Å². The molecule has 144 valence electrons. The normalized spacial score (nSPS) is 11.0. The lowest BCUT2D eigenvalue weighted by Gasteiger charge is -2.09. The smallest absolute Gasteiger partial charge is 0.331 e. The number of methoxy groups -OCH3 is 2. The summed E-state index contributed by atoms with van der Waals surface area (Å²) in [7, 11) is 2.90. The molecule has 3 N–H and O–H groups in total. The highest BCUT2D eigenvalue weighted by Crippen LogP contribution is 2.26. The number of benzene rings is 1. The molecule has 1 aromatic carbocycles. The average molecular weight is 376 g/mol. The molecule has 0 atom stereocenters. The predicted octanol–water partition coefficient (Wildman–Crippen LogP) is 0.889. The van der Waals surface area contributed by atoms with Crippen molar-refractivity contribution in [3.05, 3.63) is 56.2 Å². The molecule has 0 saturated carbocycles. The number of aromatic amines is 1.